The molecule has 1 heterocycles. The molecule has 1 atom stereocenters. The van der Waals surface area contributed by atoms with E-state index in [1.165, 1.54) is 11.8 Å². The third kappa shape index (κ3) is 4.11. The molecule has 2 aromatic rings. The number of carbonyl (C=O) groups is 1. The number of benzene rings is 1. The number of nitrogens with zero attached hydrogens (tertiary/aromatic N) is 2. The fourth-order valence-corrected chi connectivity index (χ4v) is 2.34. The van der Waals surface area contributed by atoms with Crippen molar-refractivity contribution in [1.82, 2.24) is 15.5 Å². The van der Waals surface area contributed by atoms with E-state index >= 15 is 0 Å². The maximum Gasteiger partial charge on any atom is 0.277 e. The van der Waals surface area contributed by atoms with Gasteiger partial charge in [-0.2, -0.15) is 0 Å². The zero-order chi connectivity index (χ0) is 15.9. The Hall–Kier alpha value is -2.28. The van der Waals surface area contributed by atoms with Crippen LogP contribution in [0.1, 0.15) is 6.92 Å². The van der Waals surface area contributed by atoms with Gasteiger partial charge in [0.25, 0.3) is 5.22 Å². The molecule has 1 aromatic carbocycles. The molecular weight excluding hydrogens is 302 g/mol. The van der Waals surface area contributed by atoms with Crippen LogP contribution in [0.25, 0.3) is 11.5 Å². The van der Waals surface area contributed by atoms with E-state index in [1.54, 1.807) is 20.1 Å². The van der Waals surface area contributed by atoms with Gasteiger partial charge in [0.2, 0.25) is 11.8 Å². The maximum absolute atomic E-state index is 11.8. The van der Waals surface area contributed by atoms with Crippen LogP contribution in [0.5, 0.6) is 5.75 Å². The minimum atomic E-state index is -0.330. The first-order valence-corrected chi connectivity index (χ1v) is 7.55. The van der Waals surface area contributed by atoms with Gasteiger partial charge in [0, 0.05) is 12.1 Å². The topological polar surface area (TPSA) is 77.2 Å². The Kier molecular flexibility index (Phi) is 5.60. The molecule has 22 heavy (non-hydrogen) atoms. The minimum Gasteiger partial charge on any atom is -0.497 e. The van der Waals surface area contributed by atoms with E-state index in [1.807, 2.05) is 24.3 Å². The van der Waals surface area contributed by atoms with Crippen molar-refractivity contribution >= 4 is 17.7 Å². The molecule has 6 nitrogen and oxygen atoms in total. The van der Waals surface area contributed by atoms with Crippen LogP contribution in [0.4, 0.5) is 0 Å². The second-order valence-corrected chi connectivity index (χ2v) is 5.69. The SMILES string of the molecule is C=CCNC(=O)C(C)Sc1nnc(-c2ccc(OC)cc2)o1. The van der Waals surface area contributed by atoms with Gasteiger partial charge in [0.15, 0.2) is 0 Å². The molecule has 0 bridgehead atoms. The fourth-order valence-electron chi connectivity index (χ4n) is 1.63. The van der Waals surface area contributed by atoms with E-state index in [0.29, 0.717) is 17.7 Å². The van der Waals surface area contributed by atoms with Crippen LogP contribution in [0.3, 0.4) is 0 Å². The first-order chi connectivity index (χ1) is 10.6. The Labute approximate surface area is 133 Å². The molecule has 0 radical (unpaired) electrons. The summed E-state index contributed by atoms with van der Waals surface area (Å²) in [6.45, 7) is 5.77. The van der Waals surface area contributed by atoms with Crippen molar-refractivity contribution in [3.8, 4) is 17.2 Å². The molecule has 0 saturated heterocycles. The average Bonchev–Trinajstić information content (AvgIpc) is 3.01. The zero-order valence-corrected chi connectivity index (χ0v) is 13.2. The molecule has 0 fully saturated rings. The van der Waals surface area contributed by atoms with E-state index in [2.05, 4.69) is 22.1 Å². The smallest absolute Gasteiger partial charge is 0.277 e. The highest BCUT2D eigenvalue weighted by Gasteiger charge is 2.18. The van der Waals surface area contributed by atoms with Crippen LogP contribution in [-0.2, 0) is 4.79 Å². The van der Waals surface area contributed by atoms with Crippen molar-refractivity contribution in [3.05, 3.63) is 36.9 Å². The van der Waals surface area contributed by atoms with Crippen LogP contribution >= 0.6 is 11.8 Å². The first-order valence-electron chi connectivity index (χ1n) is 6.67. The predicted octanol–water partition coefficient (Wildman–Crippen LogP) is 2.53. The predicted molar refractivity (Wildman–Crippen MR) is 84.8 cm³/mol. The second kappa shape index (κ2) is 7.65. The Morgan fingerprint density at radius 3 is 2.82 bits per heavy atom. The maximum atomic E-state index is 11.8. The highest BCUT2D eigenvalue weighted by Crippen LogP contribution is 2.27. The van der Waals surface area contributed by atoms with E-state index in [0.717, 1.165) is 11.3 Å². The zero-order valence-electron chi connectivity index (χ0n) is 12.4. The summed E-state index contributed by atoms with van der Waals surface area (Å²) in [6, 6.07) is 7.30. The summed E-state index contributed by atoms with van der Waals surface area (Å²) < 4.78 is 10.7. The third-order valence-corrected chi connectivity index (χ3v) is 3.75. The van der Waals surface area contributed by atoms with Crippen LogP contribution in [-0.4, -0.2) is 35.0 Å². The van der Waals surface area contributed by atoms with Crippen LogP contribution < -0.4 is 10.1 Å². The van der Waals surface area contributed by atoms with Crippen LogP contribution in [0, 0.1) is 0 Å². The van der Waals surface area contributed by atoms with Gasteiger partial charge in [-0.1, -0.05) is 17.8 Å². The number of thioether (sulfide) groups is 1. The third-order valence-electron chi connectivity index (χ3n) is 2.81. The number of aromatic nitrogens is 2. The fraction of sp³-hybridized carbons (Fsp3) is 0.267. The monoisotopic (exact) mass is 319 g/mol. The highest BCUT2D eigenvalue weighted by molar-refractivity contribution is 8.00. The Morgan fingerprint density at radius 2 is 2.18 bits per heavy atom. The lowest BCUT2D eigenvalue weighted by atomic mass is 10.2. The Bertz CT molecular complexity index is 640. The number of ether oxygens (including phenoxy) is 1. The van der Waals surface area contributed by atoms with Crippen molar-refractivity contribution in [2.45, 2.75) is 17.4 Å². The Morgan fingerprint density at radius 1 is 1.45 bits per heavy atom. The Balaban J connectivity index is 2.01. The lowest BCUT2D eigenvalue weighted by Gasteiger charge is -2.07. The van der Waals surface area contributed by atoms with Crippen molar-refractivity contribution in [3.63, 3.8) is 0 Å². The number of rotatable bonds is 7. The molecule has 116 valence electrons. The highest BCUT2D eigenvalue weighted by atomic mass is 32.2. The molecule has 1 unspecified atom stereocenters. The molecule has 1 amide bonds. The first kappa shape index (κ1) is 16.1. The molecule has 7 heteroatoms. The normalized spacial score (nSPS) is 11.7. The van der Waals surface area contributed by atoms with Gasteiger partial charge < -0.3 is 14.5 Å². The summed E-state index contributed by atoms with van der Waals surface area (Å²) in [7, 11) is 1.61. The number of carbonyl (C=O) groups excluding carboxylic acids is 1. The summed E-state index contributed by atoms with van der Waals surface area (Å²) in [5.41, 5.74) is 0.795. The van der Waals surface area contributed by atoms with E-state index in [-0.39, 0.29) is 11.2 Å². The molecule has 0 aliphatic carbocycles. The minimum absolute atomic E-state index is 0.103. The number of amides is 1. The molecule has 1 aromatic heterocycles. The quantitative estimate of drug-likeness (QED) is 0.624. The van der Waals surface area contributed by atoms with Crippen LogP contribution in [0.2, 0.25) is 0 Å². The van der Waals surface area contributed by atoms with Crippen molar-refractivity contribution in [2.24, 2.45) is 0 Å². The summed E-state index contributed by atoms with van der Waals surface area (Å²) in [5, 5.41) is 10.7. The molecule has 1 N–H and O–H groups in total. The van der Waals surface area contributed by atoms with Crippen molar-refractivity contribution < 1.29 is 13.9 Å². The van der Waals surface area contributed by atoms with Crippen LogP contribution in [0.15, 0.2) is 46.6 Å². The van der Waals surface area contributed by atoms with Gasteiger partial charge in [-0.3, -0.25) is 4.79 Å². The van der Waals surface area contributed by atoms with Gasteiger partial charge in [0.1, 0.15) is 5.75 Å². The van der Waals surface area contributed by atoms with Gasteiger partial charge in [-0.05, 0) is 31.2 Å². The van der Waals surface area contributed by atoms with Gasteiger partial charge in [0.05, 0.1) is 12.4 Å². The number of methoxy groups -OCH3 is 1. The van der Waals surface area contributed by atoms with Crippen molar-refractivity contribution in [1.29, 1.82) is 0 Å². The molecule has 0 aliphatic heterocycles. The second-order valence-electron chi connectivity index (χ2n) is 4.40. The van der Waals surface area contributed by atoms with E-state index in [4.69, 9.17) is 9.15 Å². The van der Waals surface area contributed by atoms with E-state index < -0.39 is 0 Å². The number of hydrogen-bond acceptors (Lipinski definition) is 6. The molecule has 0 saturated carbocycles. The number of nitrogens with one attached hydrogen (secondary N) is 1. The molecular formula is C15H17N3O3S. The summed E-state index contributed by atoms with van der Waals surface area (Å²) in [6.07, 6.45) is 1.63. The average molecular weight is 319 g/mol. The molecule has 0 spiro atoms. The van der Waals surface area contributed by atoms with E-state index in [9.17, 15) is 4.79 Å². The molecule has 0 aliphatic rings. The number of hydrogen-bond donors (Lipinski definition) is 1. The summed E-state index contributed by atoms with van der Waals surface area (Å²) >= 11 is 1.21. The van der Waals surface area contributed by atoms with Crippen molar-refractivity contribution in [2.75, 3.05) is 13.7 Å². The summed E-state index contributed by atoms with van der Waals surface area (Å²) in [5.74, 6) is 1.06. The summed E-state index contributed by atoms with van der Waals surface area (Å²) in [4.78, 5) is 11.8. The van der Waals surface area contributed by atoms with Gasteiger partial charge in [-0.15, -0.1) is 16.8 Å². The lowest BCUT2D eigenvalue weighted by Crippen LogP contribution is -2.30. The molecule has 2 rings (SSSR count). The van der Waals surface area contributed by atoms with Gasteiger partial charge >= 0.3 is 0 Å². The standard InChI is InChI=1S/C15H17N3O3S/c1-4-9-16-13(19)10(2)22-15-18-17-14(21-15)11-5-7-12(20-3)8-6-11/h4-8,10H,1,9H2,2-3H3,(H,16,19). The largest absolute Gasteiger partial charge is 0.497 e. The lowest BCUT2D eigenvalue weighted by molar-refractivity contribution is -0.120. The van der Waals surface area contributed by atoms with Gasteiger partial charge in [-0.25, -0.2) is 0 Å².